The van der Waals surface area contributed by atoms with Gasteiger partial charge in [-0.3, -0.25) is 0 Å². The van der Waals surface area contributed by atoms with Gasteiger partial charge in [-0.25, -0.2) is 15.0 Å². The Kier molecular flexibility index (Phi) is 7.54. The summed E-state index contributed by atoms with van der Waals surface area (Å²) in [6.45, 7) is 0. The van der Waals surface area contributed by atoms with Gasteiger partial charge < -0.3 is 9.13 Å². The SMILES string of the molecule is c1ccc(-c2nc(-c3ccccc3)nc(-c3ccc4c5ccccc5c5c(-n6c7ccccc7c7c6ccc6c8ccccc8n(-c8ccccc8)c67)cccc5c4c3)n2)cc1. The number of fused-ring (bicyclic) bond motifs is 13. The van der Waals surface area contributed by atoms with Crippen molar-refractivity contribution in [2.24, 2.45) is 0 Å². The van der Waals surface area contributed by atoms with Gasteiger partial charge in [0.05, 0.1) is 27.8 Å². The summed E-state index contributed by atoms with van der Waals surface area (Å²) in [6.07, 6.45) is 0. The van der Waals surface area contributed by atoms with Crippen LogP contribution in [0, 0.1) is 0 Å². The molecule has 5 nitrogen and oxygen atoms in total. The zero-order valence-electron chi connectivity index (χ0n) is 33.4. The molecule has 0 unspecified atom stereocenters. The molecule has 0 atom stereocenters. The van der Waals surface area contributed by atoms with Gasteiger partial charge in [-0.1, -0.05) is 170 Å². The zero-order chi connectivity index (χ0) is 40.7. The maximum absolute atomic E-state index is 5.12. The summed E-state index contributed by atoms with van der Waals surface area (Å²) >= 11 is 0. The van der Waals surface area contributed by atoms with Crippen LogP contribution < -0.4 is 0 Å². The molecule has 0 aliphatic carbocycles. The number of para-hydroxylation sites is 3. The molecule has 3 heterocycles. The first-order valence-electron chi connectivity index (χ1n) is 21.0. The standard InChI is InChI=1S/C57H35N5/c1-4-17-36(18-5-1)55-58-56(37-19-6-2-7-20-37)60-57(59-55)38-31-32-41-40-23-10-11-25-43(40)52-44(47(41)35-38)27-16-30-50(52)62-49-29-15-13-26-46(49)53-51(62)34-33-45-42-24-12-14-28-48(42)61(54(45)53)39-21-8-3-9-22-39/h1-35H. The van der Waals surface area contributed by atoms with Crippen LogP contribution in [0.25, 0.3) is 121 Å². The van der Waals surface area contributed by atoms with Gasteiger partial charge in [0.25, 0.3) is 0 Å². The van der Waals surface area contributed by atoms with E-state index in [-0.39, 0.29) is 0 Å². The highest BCUT2D eigenvalue weighted by molar-refractivity contribution is 6.30. The molecule has 3 aromatic heterocycles. The highest BCUT2D eigenvalue weighted by Gasteiger charge is 2.23. The molecule has 0 fully saturated rings. The van der Waals surface area contributed by atoms with Crippen molar-refractivity contribution in [1.29, 1.82) is 0 Å². The Balaban J connectivity index is 1.11. The summed E-state index contributed by atoms with van der Waals surface area (Å²) in [5, 5.41) is 12.1. The highest BCUT2D eigenvalue weighted by Crippen LogP contribution is 2.45. The number of hydrogen-bond acceptors (Lipinski definition) is 3. The third kappa shape index (κ3) is 5.12. The Morgan fingerprint density at radius 2 is 0.774 bits per heavy atom. The molecule has 0 aliphatic rings. The first-order valence-corrected chi connectivity index (χ1v) is 21.0. The highest BCUT2D eigenvalue weighted by atomic mass is 15.0. The fraction of sp³-hybridized carbons (Fsp3) is 0. The fourth-order valence-electron chi connectivity index (χ4n) is 9.86. The van der Waals surface area contributed by atoms with Gasteiger partial charge in [0, 0.05) is 49.3 Å². The van der Waals surface area contributed by atoms with Gasteiger partial charge in [0.15, 0.2) is 17.5 Å². The van der Waals surface area contributed by atoms with E-state index in [9.17, 15) is 0 Å². The van der Waals surface area contributed by atoms with Gasteiger partial charge in [0.1, 0.15) is 0 Å². The van der Waals surface area contributed by atoms with E-state index in [4.69, 9.17) is 15.0 Å². The van der Waals surface area contributed by atoms with Gasteiger partial charge in [0.2, 0.25) is 0 Å². The molecule has 0 spiro atoms. The first kappa shape index (κ1) is 34.5. The van der Waals surface area contributed by atoms with Gasteiger partial charge in [-0.15, -0.1) is 0 Å². The Bertz CT molecular complexity index is 3850. The van der Waals surface area contributed by atoms with Crippen molar-refractivity contribution >= 4 is 75.9 Å². The third-order valence-corrected chi connectivity index (χ3v) is 12.5. The van der Waals surface area contributed by atoms with Crippen molar-refractivity contribution in [2.45, 2.75) is 0 Å². The molecule has 13 aromatic rings. The van der Waals surface area contributed by atoms with Crippen LogP contribution in [0.2, 0.25) is 0 Å². The Morgan fingerprint density at radius 1 is 0.274 bits per heavy atom. The molecule has 5 heteroatoms. The lowest BCUT2D eigenvalue weighted by Gasteiger charge is -2.17. The molecule has 0 amide bonds. The van der Waals surface area contributed by atoms with Crippen molar-refractivity contribution in [1.82, 2.24) is 24.1 Å². The van der Waals surface area contributed by atoms with E-state index in [2.05, 4.69) is 185 Å². The lowest BCUT2D eigenvalue weighted by Crippen LogP contribution is -2.00. The van der Waals surface area contributed by atoms with E-state index in [1.54, 1.807) is 0 Å². The van der Waals surface area contributed by atoms with Crippen LogP contribution in [0.15, 0.2) is 212 Å². The maximum Gasteiger partial charge on any atom is 0.164 e. The van der Waals surface area contributed by atoms with Crippen LogP contribution in [-0.2, 0) is 0 Å². The molecule has 13 rings (SSSR count). The second-order valence-corrected chi connectivity index (χ2v) is 15.9. The maximum atomic E-state index is 5.12. The monoisotopic (exact) mass is 789 g/mol. The van der Waals surface area contributed by atoms with Crippen molar-refractivity contribution in [3.05, 3.63) is 212 Å². The second-order valence-electron chi connectivity index (χ2n) is 15.9. The number of aromatic nitrogens is 5. The summed E-state index contributed by atoms with van der Waals surface area (Å²) in [4.78, 5) is 15.2. The first-order chi connectivity index (χ1) is 30.8. The Labute approximate surface area is 356 Å². The van der Waals surface area contributed by atoms with Crippen molar-refractivity contribution in [2.75, 3.05) is 0 Å². The molecule has 0 saturated carbocycles. The van der Waals surface area contributed by atoms with E-state index in [1.165, 1.54) is 59.5 Å². The molecular formula is C57H35N5. The van der Waals surface area contributed by atoms with Crippen molar-refractivity contribution < 1.29 is 0 Å². The van der Waals surface area contributed by atoms with E-state index in [0.29, 0.717) is 17.5 Å². The average molecular weight is 790 g/mol. The van der Waals surface area contributed by atoms with Crippen LogP contribution in [0.4, 0.5) is 0 Å². The van der Waals surface area contributed by atoms with Gasteiger partial charge >= 0.3 is 0 Å². The van der Waals surface area contributed by atoms with Crippen LogP contribution in [0.3, 0.4) is 0 Å². The quantitative estimate of drug-likeness (QED) is 0.163. The summed E-state index contributed by atoms with van der Waals surface area (Å²) in [5.74, 6) is 1.93. The predicted octanol–water partition coefficient (Wildman–Crippen LogP) is 14.5. The second kappa shape index (κ2) is 13.6. The number of benzene rings is 10. The van der Waals surface area contributed by atoms with E-state index >= 15 is 0 Å². The molecule has 0 bridgehead atoms. The van der Waals surface area contributed by atoms with Crippen LogP contribution in [0.5, 0.6) is 0 Å². The number of rotatable bonds is 5. The third-order valence-electron chi connectivity index (χ3n) is 12.5. The molecule has 62 heavy (non-hydrogen) atoms. The summed E-state index contributed by atoms with van der Waals surface area (Å²) in [5.41, 5.74) is 9.85. The van der Waals surface area contributed by atoms with E-state index in [1.807, 2.05) is 36.4 Å². The molecule has 0 N–H and O–H groups in total. The van der Waals surface area contributed by atoms with E-state index < -0.39 is 0 Å². The Morgan fingerprint density at radius 3 is 1.47 bits per heavy atom. The van der Waals surface area contributed by atoms with Crippen LogP contribution in [-0.4, -0.2) is 24.1 Å². The topological polar surface area (TPSA) is 48.5 Å². The summed E-state index contributed by atoms with van der Waals surface area (Å²) in [7, 11) is 0. The summed E-state index contributed by atoms with van der Waals surface area (Å²) in [6, 6.07) is 75.7. The van der Waals surface area contributed by atoms with Crippen molar-refractivity contribution in [3.8, 4) is 45.5 Å². The minimum Gasteiger partial charge on any atom is -0.309 e. The van der Waals surface area contributed by atoms with Gasteiger partial charge in [-0.05, 0) is 69.4 Å². The largest absolute Gasteiger partial charge is 0.309 e. The molecular weight excluding hydrogens is 755 g/mol. The fourth-order valence-corrected chi connectivity index (χ4v) is 9.86. The minimum absolute atomic E-state index is 0.636. The average Bonchev–Trinajstić information content (AvgIpc) is 3.87. The lowest BCUT2D eigenvalue weighted by molar-refractivity contribution is 1.07. The normalized spacial score (nSPS) is 11.9. The predicted molar refractivity (Wildman–Crippen MR) is 257 cm³/mol. The number of nitrogens with zero attached hydrogens (tertiary/aromatic N) is 5. The Hall–Kier alpha value is -8.41. The van der Waals surface area contributed by atoms with Crippen molar-refractivity contribution in [3.63, 3.8) is 0 Å². The smallest absolute Gasteiger partial charge is 0.164 e. The zero-order valence-corrected chi connectivity index (χ0v) is 33.4. The van der Waals surface area contributed by atoms with Crippen LogP contribution in [0.1, 0.15) is 0 Å². The molecule has 0 saturated heterocycles. The lowest BCUT2D eigenvalue weighted by atomic mass is 9.92. The molecule has 0 aliphatic heterocycles. The summed E-state index contributed by atoms with van der Waals surface area (Å²) < 4.78 is 4.94. The molecule has 288 valence electrons. The van der Waals surface area contributed by atoms with Crippen LogP contribution >= 0.6 is 0 Å². The number of hydrogen-bond donors (Lipinski definition) is 0. The molecule has 10 aromatic carbocycles. The van der Waals surface area contributed by atoms with Gasteiger partial charge in [-0.2, -0.15) is 0 Å². The van der Waals surface area contributed by atoms with E-state index in [0.717, 1.165) is 44.5 Å². The minimum atomic E-state index is 0.636. The molecule has 0 radical (unpaired) electrons.